The third kappa shape index (κ3) is 6.15. The van der Waals surface area contributed by atoms with Gasteiger partial charge in [0, 0.05) is 48.1 Å². The van der Waals surface area contributed by atoms with Crippen LogP contribution in [-0.4, -0.2) is 77.4 Å². The van der Waals surface area contributed by atoms with Gasteiger partial charge in [-0.25, -0.2) is 13.8 Å². The SMILES string of the molecule is C#Cc1c(F)ccc2cccc(-c3nc4c5c(nc(OCC6(CN7CCC(C(F)(F)F)CC7)CC6)nc5c3F)N3CCN[C@@H](CC=C)[C@@H]3[C@@H](C)C4)c12. The first-order valence-corrected chi connectivity index (χ1v) is 18.1. The van der Waals surface area contributed by atoms with Crippen LogP contribution in [0.1, 0.15) is 50.3 Å². The summed E-state index contributed by atoms with van der Waals surface area (Å²) in [6.45, 7) is 9.13. The highest BCUT2D eigenvalue weighted by Crippen LogP contribution is 2.48. The van der Waals surface area contributed by atoms with Crippen molar-refractivity contribution in [1.82, 2.24) is 25.2 Å². The van der Waals surface area contributed by atoms with Crippen molar-refractivity contribution < 1.29 is 26.7 Å². The first-order chi connectivity index (χ1) is 25.0. The Morgan fingerprint density at radius 2 is 1.87 bits per heavy atom. The maximum Gasteiger partial charge on any atom is 0.391 e. The van der Waals surface area contributed by atoms with E-state index in [1.54, 1.807) is 24.3 Å². The third-order valence-electron chi connectivity index (χ3n) is 11.6. The van der Waals surface area contributed by atoms with E-state index < -0.39 is 23.7 Å². The predicted octanol–water partition coefficient (Wildman–Crippen LogP) is 7.45. The van der Waals surface area contributed by atoms with Crippen molar-refractivity contribution in [2.24, 2.45) is 17.3 Å². The fraction of sp³-hybridized carbons (Fsp3) is 0.475. The van der Waals surface area contributed by atoms with Gasteiger partial charge in [-0.15, -0.1) is 13.0 Å². The molecule has 2 saturated heterocycles. The summed E-state index contributed by atoms with van der Waals surface area (Å²) in [6.07, 6.45) is 6.70. The van der Waals surface area contributed by atoms with Crippen molar-refractivity contribution in [2.45, 2.75) is 63.7 Å². The number of alkyl halides is 3. The number of hydrogen-bond donors (Lipinski definition) is 1. The summed E-state index contributed by atoms with van der Waals surface area (Å²) in [5, 5.41) is 5.23. The Hall–Kier alpha value is -4.34. The van der Waals surface area contributed by atoms with Crippen molar-refractivity contribution in [3.63, 3.8) is 0 Å². The topological polar surface area (TPSA) is 66.4 Å². The lowest BCUT2D eigenvalue weighted by molar-refractivity contribution is -0.185. The molecular formula is C40H41F5N6O. The average Bonchev–Trinajstić information content (AvgIpc) is 3.91. The number of ether oxygens (including phenoxy) is 1. The van der Waals surface area contributed by atoms with E-state index in [9.17, 15) is 13.2 Å². The Labute approximate surface area is 299 Å². The van der Waals surface area contributed by atoms with E-state index in [4.69, 9.17) is 26.1 Å². The number of piperazine rings is 1. The fourth-order valence-electron chi connectivity index (χ4n) is 8.77. The highest BCUT2D eigenvalue weighted by Gasteiger charge is 2.48. The van der Waals surface area contributed by atoms with Gasteiger partial charge in [-0.1, -0.05) is 43.2 Å². The van der Waals surface area contributed by atoms with Gasteiger partial charge in [0.1, 0.15) is 22.8 Å². The van der Waals surface area contributed by atoms with Crippen LogP contribution in [0.15, 0.2) is 43.0 Å². The number of fused-ring (bicyclic) bond motifs is 3. The average molecular weight is 717 g/mol. The number of rotatable bonds is 8. The van der Waals surface area contributed by atoms with Crippen LogP contribution in [-0.2, 0) is 6.42 Å². The summed E-state index contributed by atoms with van der Waals surface area (Å²) < 4.78 is 78.5. The summed E-state index contributed by atoms with van der Waals surface area (Å²) >= 11 is 0. The molecule has 5 heterocycles. The molecule has 0 amide bonds. The molecule has 12 heteroatoms. The molecule has 1 saturated carbocycles. The number of hydrogen-bond acceptors (Lipinski definition) is 7. The quantitative estimate of drug-likeness (QED) is 0.116. The molecule has 0 spiro atoms. The second-order valence-corrected chi connectivity index (χ2v) is 15.1. The van der Waals surface area contributed by atoms with E-state index in [0.29, 0.717) is 72.4 Å². The molecule has 4 aliphatic rings. The largest absolute Gasteiger partial charge is 0.463 e. The molecule has 3 fully saturated rings. The van der Waals surface area contributed by atoms with Gasteiger partial charge in [-0.05, 0) is 69.0 Å². The van der Waals surface area contributed by atoms with Crippen LogP contribution >= 0.6 is 0 Å². The molecule has 1 N–H and O–H groups in total. The second kappa shape index (κ2) is 13.3. The molecule has 0 radical (unpaired) electrons. The number of nitrogens with zero attached hydrogens (tertiary/aromatic N) is 5. The fourth-order valence-corrected chi connectivity index (χ4v) is 8.77. The van der Waals surface area contributed by atoms with Crippen LogP contribution in [0.2, 0.25) is 0 Å². The van der Waals surface area contributed by atoms with Gasteiger partial charge in [-0.2, -0.15) is 23.1 Å². The minimum Gasteiger partial charge on any atom is -0.463 e. The lowest BCUT2D eigenvalue weighted by atomic mass is 9.87. The standard InChI is InChI=1S/C40H41F5N6O/c1-4-7-29-36-23(3)20-30-32-35(33(42)34(47-30)27-9-6-8-24-10-11-28(41)26(5-2)31(24)27)48-38(49-37(32)51(36)19-16-46-29)52-22-39(14-15-39)21-50-17-12-25(13-18-50)40(43,44)45/h2,4,6,8-11,23,25,29,36,46H,1,7,12-22H2,3H3/t23-,29-,36-/m0/s1. The van der Waals surface area contributed by atoms with Crippen molar-refractivity contribution in [3.05, 3.63) is 65.9 Å². The predicted molar refractivity (Wildman–Crippen MR) is 191 cm³/mol. The van der Waals surface area contributed by atoms with Gasteiger partial charge in [0.2, 0.25) is 0 Å². The summed E-state index contributed by atoms with van der Waals surface area (Å²) in [5.74, 6) is 0.589. The van der Waals surface area contributed by atoms with Gasteiger partial charge < -0.3 is 19.9 Å². The Morgan fingerprint density at radius 3 is 2.58 bits per heavy atom. The maximum atomic E-state index is 17.2. The number of aromatic nitrogens is 3. The van der Waals surface area contributed by atoms with E-state index in [1.165, 1.54) is 6.07 Å². The first-order valence-electron chi connectivity index (χ1n) is 18.1. The monoisotopic (exact) mass is 716 g/mol. The van der Waals surface area contributed by atoms with Crippen molar-refractivity contribution in [2.75, 3.05) is 44.2 Å². The number of benzene rings is 2. The lowest BCUT2D eigenvalue weighted by Crippen LogP contribution is -2.60. The Kier molecular flexibility index (Phi) is 8.85. The highest BCUT2D eigenvalue weighted by atomic mass is 19.4. The van der Waals surface area contributed by atoms with E-state index in [0.717, 1.165) is 19.3 Å². The van der Waals surface area contributed by atoms with Crippen LogP contribution in [0.5, 0.6) is 6.01 Å². The number of nitrogens with one attached hydrogen (secondary N) is 1. The summed E-state index contributed by atoms with van der Waals surface area (Å²) in [4.78, 5) is 19.0. The Bertz CT molecular complexity index is 2080. The van der Waals surface area contributed by atoms with E-state index >= 15 is 8.78 Å². The molecule has 2 aromatic heterocycles. The minimum atomic E-state index is -4.16. The van der Waals surface area contributed by atoms with Crippen molar-refractivity contribution in [3.8, 4) is 29.6 Å². The van der Waals surface area contributed by atoms with Gasteiger partial charge in [0.25, 0.3) is 0 Å². The Morgan fingerprint density at radius 1 is 1.08 bits per heavy atom. The number of anilines is 1. The third-order valence-corrected chi connectivity index (χ3v) is 11.6. The van der Waals surface area contributed by atoms with E-state index in [1.807, 2.05) is 6.08 Å². The molecule has 3 atom stereocenters. The van der Waals surface area contributed by atoms with Gasteiger partial charge in [0.15, 0.2) is 5.82 Å². The van der Waals surface area contributed by atoms with E-state index in [2.05, 4.69) is 34.5 Å². The van der Waals surface area contributed by atoms with Crippen molar-refractivity contribution in [1.29, 1.82) is 0 Å². The van der Waals surface area contributed by atoms with Crippen LogP contribution in [0, 0.1) is 41.2 Å². The van der Waals surface area contributed by atoms with E-state index in [-0.39, 0.29) is 65.6 Å². The Balaban J connectivity index is 1.21. The molecule has 3 aliphatic heterocycles. The van der Waals surface area contributed by atoms with Crippen LogP contribution in [0.3, 0.4) is 0 Å². The van der Waals surface area contributed by atoms with Crippen molar-refractivity contribution >= 4 is 27.5 Å². The molecule has 272 valence electrons. The molecule has 1 aliphatic carbocycles. The number of terminal acetylenes is 1. The van der Waals surface area contributed by atoms with Gasteiger partial charge >= 0.3 is 12.2 Å². The number of piperidine rings is 1. The zero-order valence-corrected chi connectivity index (χ0v) is 29.1. The molecule has 0 bridgehead atoms. The smallest absolute Gasteiger partial charge is 0.391 e. The summed E-state index contributed by atoms with van der Waals surface area (Å²) in [7, 11) is 0. The van der Waals surface area contributed by atoms with Crippen LogP contribution in [0.25, 0.3) is 32.9 Å². The molecule has 0 unspecified atom stereocenters. The number of halogens is 5. The summed E-state index contributed by atoms with van der Waals surface area (Å²) in [6, 6.07) is 8.31. The molecule has 4 aromatic rings. The van der Waals surface area contributed by atoms with Gasteiger partial charge in [-0.3, -0.25) is 0 Å². The number of likely N-dealkylation sites (tertiary alicyclic amines) is 1. The molecular weight excluding hydrogens is 675 g/mol. The zero-order chi connectivity index (χ0) is 36.4. The molecule has 52 heavy (non-hydrogen) atoms. The first kappa shape index (κ1) is 34.7. The number of pyridine rings is 1. The highest BCUT2D eigenvalue weighted by molar-refractivity contribution is 6.02. The molecule has 2 aromatic carbocycles. The molecule has 8 rings (SSSR count). The van der Waals surface area contributed by atoms with Crippen LogP contribution < -0.4 is 15.0 Å². The normalized spacial score (nSPS) is 23.2. The molecule has 7 nitrogen and oxygen atoms in total. The zero-order valence-electron chi connectivity index (χ0n) is 29.1. The van der Waals surface area contributed by atoms with Crippen LogP contribution in [0.4, 0.5) is 27.8 Å². The maximum absolute atomic E-state index is 17.2. The second-order valence-electron chi connectivity index (χ2n) is 15.1. The van der Waals surface area contributed by atoms with Gasteiger partial charge in [0.05, 0.1) is 29.2 Å². The lowest BCUT2D eigenvalue weighted by Gasteiger charge is -2.44. The minimum absolute atomic E-state index is 0.00694. The summed E-state index contributed by atoms with van der Waals surface area (Å²) in [5.41, 5.74) is 0.915.